The molecule has 4 heteroatoms. The number of pyridine rings is 1. The lowest BCUT2D eigenvalue weighted by atomic mass is 10.1. The maximum Gasteiger partial charge on any atom is 0.152 e. The van der Waals surface area contributed by atoms with Crippen molar-refractivity contribution in [2.75, 3.05) is 18.5 Å². The van der Waals surface area contributed by atoms with E-state index in [-0.39, 0.29) is 0 Å². The number of aromatic nitrogens is 2. The molecule has 3 heterocycles. The van der Waals surface area contributed by atoms with E-state index < -0.39 is 0 Å². The van der Waals surface area contributed by atoms with Crippen molar-refractivity contribution in [3.63, 3.8) is 0 Å². The maximum atomic E-state index is 4.85. The van der Waals surface area contributed by atoms with Gasteiger partial charge in [0.25, 0.3) is 0 Å². The van der Waals surface area contributed by atoms with Crippen LogP contribution in [-0.4, -0.2) is 29.0 Å². The minimum absolute atomic E-state index is 0.579. The van der Waals surface area contributed by atoms with E-state index in [1.54, 1.807) is 0 Å². The summed E-state index contributed by atoms with van der Waals surface area (Å²) in [5.41, 5.74) is 2.30. The lowest BCUT2D eigenvalue weighted by Gasteiger charge is -2.22. The normalized spacial score (nSPS) is 23.4. The Morgan fingerprint density at radius 1 is 1.37 bits per heavy atom. The number of nitrogens with zero attached hydrogens (tertiary/aromatic N) is 3. The minimum Gasteiger partial charge on any atom is -0.352 e. The summed E-state index contributed by atoms with van der Waals surface area (Å²) in [6.45, 7) is 6.58. The van der Waals surface area contributed by atoms with Crippen LogP contribution in [0.15, 0.2) is 24.4 Å². The van der Waals surface area contributed by atoms with E-state index in [1.807, 2.05) is 13.1 Å². The van der Waals surface area contributed by atoms with Gasteiger partial charge in [-0.2, -0.15) is 0 Å². The van der Waals surface area contributed by atoms with E-state index in [1.165, 1.54) is 12.1 Å². The van der Waals surface area contributed by atoms with Crippen molar-refractivity contribution in [1.82, 2.24) is 14.7 Å². The molecule has 0 spiro atoms. The van der Waals surface area contributed by atoms with E-state index >= 15 is 0 Å². The van der Waals surface area contributed by atoms with Crippen LogP contribution in [0.1, 0.15) is 26.0 Å². The molecule has 102 valence electrons. The molecule has 0 saturated carbocycles. The van der Waals surface area contributed by atoms with E-state index in [2.05, 4.69) is 46.8 Å². The molecule has 4 nitrogen and oxygen atoms in total. The molecule has 1 N–H and O–H groups in total. The molecule has 2 atom stereocenters. The Labute approximate surface area is 114 Å². The highest BCUT2D eigenvalue weighted by molar-refractivity contribution is 5.57. The number of rotatable bonds is 3. The number of anilines is 1. The third kappa shape index (κ3) is 2.10. The predicted octanol–water partition coefficient (Wildman–Crippen LogP) is 2.29. The van der Waals surface area contributed by atoms with Gasteiger partial charge < -0.3 is 14.6 Å². The van der Waals surface area contributed by atoms with Crippen molar-refractivity contribution in [1.29, 1.82) is 0 Å². The van der Waals surface area contributed by atoms with Crippen LogP contribution in [0.2, 0.25) is 0 Å². The van der Waals surface area contributed by atoms with Crippen LogP contribution in [0, 0.1) is 5.92 Å². The second-order valence-electron chi connectivity index (χ2n) is 5.68. The molecule has 0 amide bonds. The van der Waals surface area contributed by atoms with Gasteiger partial charge in [-0.05, 0) is 38.4 Å². The van der Waals surface area contributed by atoms with Gasteiger partial charge in [0.15, 0.2) is 5.82 Å². The zero-order valence-electron chi connectivity index (χ0n) is 11.9. The average Bonchev–Trinajstić information content (AvgIpc) is 2.91. The first-order valence-electron chi connectivity index (χ1n) is 7.08. The van der Waals surface area contributed by atoms with Gasteiger partial charge in [-0.1, -0.05) is 13.0 Å². The summed E-state index contributed by atoms with van der Waals surface area (Å²) in [4.78, 5) is 7.31. The van der Waals surface area contributed by atoms with Crippen LogP contribution < -0.4 is 10.2 Å². The SMILES string of the molecule is CNCc1c(N2CC(C)CC2C)nc2ccccn12. The van der Waals surface area contributed by atoms with Crippen molar-refractivity contribution in [3.8, 4) is 0 Å². The van der Waals surface area contributed by atoms with Gasteiger partial charge >= 0.3 is 0 Å². The van der Waals surface area contributed by atoms with E-state index in [9.17, 15) is 0 Å². The molecular weight excluding hydrogens is 236 g/mol. The van der Waals surface area contributed by atoms with E-state index in [4.69, 9.17) is 4.98 Å². The summed E-state index contributed by atoms with van der Waals surface area (Å²) >= 11 is 0. The first kappa shape index (κ1) is 12.5. The third-order valence-electron chi connectivity index (χ3n) is 4.01. The Hall–Kier alpha value is -1.55. The lowest BCUT2D eigenvalue weighted by Crippen LogP contribution is -2.28. The first-order valence-corrected chi connectivity index (χ1v) is 7.08. The van der Waals surface area contributed by atoms with Crippen LogP contribution in [0.25, 0.3) is 5.65 Å². The van der Waals surface area contributed by atoms with Crippen molar-refractivity contribution in [2.24, 2.45) is 5.92 Å². The molecule has 0 radical (unpaired) electrons. The summed E-state index contributed by atoms with van der Waals surface area (Å²) in [5.74, 6) is 1.90. The molecule has 1 fully saturated rings. The number of fused-ring (bicyclic) bond motifs is 1. The molecular formula is C15H22N4. The molecule has 19 heavy (non-hydrogen) atoms. The molecule has 1 aliphatic rings. The second-order valence-corrected chi connectivity index (χ2v) is 5.68. The molecule has 1 saturated heterocycles. The lowest BCUT2D eigenvalue weighted by molar-refractivity contribution is 0.625. The van der Waals surface area contributed by atoms with E-state index in [0.29, 0.717) is 6.04 Å². The quantitative estimate of drug-likeness (QED) is 0.917. The predicted molar refractivity (Wildman–Crippen MR) is 78.5 cm³/mol. The van der Waals surface area contributed by atoms with Gasteiger partial charge in [0.1, 0.15) is 5.65 Å². The Kier molecular flexibility index (Phi) is 3.19. The highest BCUT2D eigenvalue weighted by atomic mass is 15.3. The zero-order chi connectivity index (χ0) is 13.4. The standard InChI is InChI=1S/C15H22N4/c1-11-8-12(2)19(10-11)15-13(9-16-3)18-7-5-4-6-14(18)17-15/h4-7,11-12,16H,8-10H2,1-3H3. The van der Waals surface area contributed by atoms with Gasteiger partial charge in [-0.15, -0.1) is 0 Å². The fraction of sp³-hybridized carbons (Fsp3) is 0.533. The van der Waals surface area contributed by atoms with Crippen LogP contribution >= 0.6 is 0 Å². The Balaban J connectivity index is 2.09. The van der Waals surface area contributed by atoms with Crippen LogP contribution in [-0.2, 0) is 6.54 Å². The third-order valence-corrected chi connectivity index (χ3v) is 4.01. The average molecular weight is 258 g/mol. The van der Waals surface area contributed by atoms with Crippen LogP contribution in [0.4, 0.5) is 5.82 Å². The van der Waals surface area contributed by atoms with Crippen molar-refractivity contribution in [2.45, 2.75) is 32.9 Å². The molecule has 0 aromatic carbocycles. The summed E-state index contributed by atoms with van der Waals surface area (Å²) < 4.78 is 2.20. The molecule has 1 aliphatic heterocycles. The molecule has 2 aromatic heterocycles. The van der Waals surface area contributed by atoms with E-state index in [0.717, 1.165) is 30.5 Å². The smallest absolute Gasteiger partial charge is 0.152 e. The molecule has 0 bridgehead atoms. The van der Waals surface area contributed by atoms with Gasteiger partial charge in [0.05, 0.1) is 5.69 Å². The highest BCUT2D eigenvalue weighted by Gasteiger charge is 2.30. The highest BCUT2D eigenvalue weighted by Crippen LogP contribution is 2.31. The summed E-state index contributed by atoms with van der Waals surface area (Å²) in [6.07, 6.45) is 3.36. The van der Waals surface area contributed by atoms with Crippen molar-refractivity contribution in [3.05, 3.63) is 30.1 Å². The monoisotopic (exact) mass is 258 g/mol. The number of nitrogens with one attached hydrogen (secondary N) is 1. The van der Waals surface area contributed by atoms with Crippen LogP contribution in [0.5, 0.6) is 0 Å². The van der Waals surface area contributed by atoms with Gasteiger partial charge in [0, 0.05) is 25.3 Å². The van der Waals surface area contributed by atoms with Gasteiger partial charge in [-0.25, -0.2) is 4.98 Å². The van der Waals surface area contributed by atoms with Gasteiger partial charge in [0.2, 0.25) is 0 Å². The second kappa shape index (κ2) is 4.85. The van der Waals surface area contributed by atoms with Crippen LogP contribution in [0.3, 0.4) is 0 Å². The summed E-state index contributed by atoms with van der Waals surface area (Å²) in [5, 5.41) is 3.26. The number of hydrogen-bond donors (Lipinski definition) is 1. The van der Waals surface area contributed by atoms with Crippen molar-refractivity contribution >= 4 is 11.5 Å². The fourth-order valence-corrected chi connectivity index (χ4v) is 3.19. The first-order chi connectivity index (χ1) is 9.20. The Morgan fingerprint density at radius 3 is 2.89 bits per heavy atom. The summed E-state index contributed by atoms with van der Waals surface area (Å²) in [7, 11) is 1.99. The fourth-order valence-electron chi connectivity index (χ4n) is 3.19. The summed E-state index contributed by atoms with van der Waals surface area (Å²) in [6, 6.07) is 6.77. The van der Waals surface area contributed by atoms with Crippen molar-refractivity contribution < 1.29 is 0 Å². The largest absolute Gasteiger partial charge is 0.352 e. The molecule has 0 aliphatic carbocycles. The Morgan fingerprint density at radius 2 is 2.21 bits per heavy atom. The zero-order valence-corrected chi connectivity index (χ0v) is 11.9. The topological polar surface area (TPSA) is 32.6 Å². The van der Waals surface area contributed by atoms with Gasteiger partial charge in [-0.3, -0.25) is 0 Å². The maximum absolute atomic E-state index is 4.85. The molecule has 2 unspecified atom stereocenters. The number of hydrogen-bond acceptors (Lipinski definition) is 3. The molecule has 3 rings (SSSR count). The Bertz CT molecular complexity index is 575. The number of imidazole rings is 1. The molecule has 2 aromatic rings. The minimum atomic E-state index is 0.579.